The number of piperazine rings is 1. The maximum Gasteiger partial charge on any atom is 0.246 e. The van der Waals surface area contributed by atoms with E-state index in [1.165, 1.54) is 0 Å². The average molecular weight is 206 g/mol. The zero-order chi connectivity index (χ0) is 10.8. The monoisotopic (exact) mass is 206 g/mol. The van der Waals surface area contributed by atoms with Gasteiger partial charge in [0.25, 0.3) is 0 Å². The highest BCUT2D eigenvalue weighted by atomic mass is 16.2. The standard InChI is InChI=1S/C9H10N4O2/c10-7-2-1-6(3-11-7)13-4-8(14)12-9(15)5-13/h1-3H,4-5H2,(H2,10,11)(H,12,14,15). The molecule has 2 amide bonds. The molecule has 3 N–H and O–H groups in total. The molecule has 6 nitrogen and oxygen atoms in total. The lowest BCUT2D eigenvalue weighted by Gasteiger charge is -2.26. The van der Waals surface area contributed by atoms with Gasteiger partial charge in [-0.15, -0.1) is 0 Å². The normalized spacial score (nSPS) is 16.4. The molecule has 0 saturated carbocycles. The predicted molar refractivity (Wildman–Crippen MR) is 54.0 cm³/mol. The Hall–Kier alpha value is -2.11. The summed E-state index contributed by atoms with van der Waals surface area (Å²) in [6, 6.07) is 3.36. The van der Waals surface area contributed by atoms with Gasteiger partial charge < -0.3 is 10.6 Å². The highest BCUT2D eigenvalue weighted by Crippen LogP contribution is 2.14. The van der Waals surface area contributed by atoms with Crippen molar-refractivity contribution in [3.05, 3.63) is 18.3 Å². The topological polar surface area (TPSA) is 88.3 Å². The molecule has 1 aliphatic rings. The van der Waals surface area contributed by atoms with Crippen LogP contribution in [0.1, 0.15) is 0 Å². The van der Waals surface area contributed by atoms with Gasteiger partial charge in [-0.25, -0.2) is 4.98 Å². The van der Waals surface area contributed by atoms with Crippen molar-refractivity contribution in [1.29, 1.82) is 0 Å². The van der Waals surface area contributed by atoms with Crippen LogP contribution < -0.4 is 16.0 Å². The van der Waals surface area contributed by atoms with Crippen LogP contribution in [0.25, 0.3) is 0 Å². The molecule has 1 saturated heterocycles. The highest BCUT2D eigenvalue weighted by molar-refractivity contribution is 6.02. The fraction of sp³-hybridized carbons (Fsp3) is 0.222. The van der Waals surface area contributed by atoms with Crippen LogP contribution in [0, 0.1) is 0 Å². The number of nitrogens with one attached hydrogen (secondary N) is 1. The molecular weight excluding hydrogens is 196 g/mol. The summed E-state index contributed by atoms with van der Waals surface area (Å²) < 4.78 is 0. The van der Waals surface area contributed by atoms with Gasteiger partial charge in [0.2, 0.25) is 11.8 Å². The van der Waals surface area contributed by atoms with Gasteiger partial charge in [0.05, 0.1) is 25.0 Å². The molecule has 0 unspecified atom stereocenters. The van der Waals surface area contributed by atoms with E-state index in [1.54, 1.807) is 23.2 Å². The fourth-order valence-corrected chi connectivity index (χ4v) is 1.40. The molecular formula is C9H10N4O2. The number of pyridine rings is 1. The van der Waals surface area contributed by atoms with Crippen molar-refractivity contribution in [2.45, 2.75) is 0 Å². The second-order valence-corrected chi connectivity index (χ2v) is 3.27. The van der Waals surface area contributed by atoms with E-state index in [0.29, 0.717) is 11.5 Å². The van der Waals surface area contributed by atoms with Crippen molar-refractivity contribution >= 4 is 23.3 Å². The Kier molecular flexibility index (Phi) is 2.24. The summed E-state index contributed by atoms with van der Waals surface area (Å²) in [5.74, 6) is -0.197. The zero-order valence-electron chi connectivity index (χ0n) is 7.93. The number of rotatable bonds is 1. The molecule has 2 rings (SSSR count). The Morgan fingerprint density at radius 2 is 1.93 bits per heavy atom. The molecule has 1 aromatic heterocycles. The number of anilines is 2. The number of nitrogens with zero attached hydrogens (tertiary/aromatic N) is 2. The second-order valence-electron chi connectivity index (χ2n) is 3.27. The first kappa shape index (κ1) is 9.45. The van der Waals surface area contributed by atoms with E-state index >= 15 is 0 Å². The first-order valence-corrected chi connectivity index (χ1v) is 4.44. The summed E-state index contributed by atoms with van der Waals surface area (Å²) in [5.41, 5.74) is 6.15. The Labute approximate surface area is 86.1 Å². The molecule has 1 aliphatic heterocycles. The lowest BCUT2D eigenvalue weighted by Crippen LogP contribution is -2.51. The first-order valence-electron chi connectivity index (χ1n) is 4.44. The van der Waals surface area contributed by atoms with Gasteiger partial charge >= 0.3 is 0 Å². The van der Waals surface area contributed by atoms with E-state index in [2.05, 4.69) is 10.3 Å². The van der Waals surface area contributed by atoms with E-state index in [0.717, 1.165) is 0 Å². The molecule has 0 radical (unpaired) electrons. The third-order valence-corrected chi connectivity index (χ3v) is 2.08. The van der Waals surface area contributed by atoms with E-state index in [1.807, 2.05) is 0 Å². The molecule has 0 aromatic carbocycles. The number of carbonyl (C=O) groups excluding carboxylic acids is 2. The summed E-state index contributed by atoms with van der Waals surface area (Å²) in [6.45, 7) is 0.328. The maximum atomic E-state index is 11.1. The molecule has 15 heavy (non-hydrogen) atoms. The summed E-state index contributed by atoms with van der Waals surface area (Å²) in [7, 11) is 0. The third-order valence-electron chi connectivity index (χ3n) is 2.08. The highest BCUT2D eigenvalue weighted by Gasteiger charge is 2.22. The second kappa shape index (κ2) is 3.56. The van der Waals surface area contributed by atoms with Crippen LogP contribution in [0.3, 0.4) is 0 Å². The number of amides is 2. The number of aromatic nitrogens is 1. The van der Waals surface area contributed by atoms with Crippen molar-refractivity contribution in [3.63, 3.8) is 0 Å². The Balaban J connectivity index is 2.19. The Morgan fingerprint density at radius 3 is 2.47 bits per heavy atom. The van der Waals surface area contributed by atoms with Gasteiger partial charge in [0.15, 0.2) is 0 Å². The number of hydrogen-bond acceptors (Lipinski definition) is 5. The number of nitrogen functional groups attached to an aromatic ring is 1. The molecule has 78 valence electrons. The summed E-state index contributed by atoms with van der Waals surface area (Å²) in [4.78, 5) is 27.8. The van der Waals surface area contributed by atoms with Crippen LogP contribution in [0.2, 0.25) is 0 Å². The fourth-order valence-electron chi connectivity index (χ4n) is 1.40. The third kappa shape index (κ3) is 2.04. The zero-order valence-corrected chi connectivity index (χ0v) is 7.93. The molecule has 0 aliphatic carbocycles. The molecule has 0 atom stereocenters. The molecule has 0 spiro atoms. The minimum atomic E-state index is -0.303. The molecule has 0 bridgehead atoms. The summed E-state index contributed by atoms with van der Waals surface area (Å²) >= 11 is 0. The van der Waals surface area contributed by atoms with Crippen molar-refractivity contribution < 1.29 is 9.59 Å². The average Bonchev–Trinajstić information content (AvgIpc) is 2.17. The Bertz CT molecular complexity index is 385. The van der Waals surface area contributed by atoms with Gasteiger partial charge in [-0.3, -0.25) is 14.9 Å². The quantitative estimate of drug-likeness (QED) is 0.583. The predicted octanol–water partition coefficient (Wildman–Crippen LogP) is -0.873. The maximum absolute atomic E-state index is 11.1. The van der Waals surface area contributed by atoms with Crippen LogP contribution in [0.4, 0.5) is 11.5 Å². The summed E-state index contributed by atoms with van der Waals surface area (Å²) in [6.07, 6.45) is 1.54. The smallest absolute Gasteiger partial charge is 0.246 e. The van der Waals surface area contributed by atoms with Crippen LogP contribution in [0.5, 0.6) is 0 Å². The van der Waals surface area contributed by atoms with Crippen LogP contribution in [0.15, 0.2) is 18.3 Å². The van der Waals surface area contributed by atoms with Gasteiger partial charge in [-0.05, 0) is 12.1 Å². The van der Waals surface area contributed by atoms with Crippen LogP contribution >= 0.6 is 0 Å². The molecule has 1 aromatic rings. The van der Waals surface area contributed by atoms with Gasteiger partial charge in [-0.2, -0.15) is 0 Å². The van der Waals surface area contributed by atoms with Crippen molar-refractivity contribution in [2.75, 3.05) is 23.7 Å². The first-order chi connectivity index (χ1) is 7.15. The van der Waals surface area contributed by atoms with E-state index in [9.17, 15) is 9.59 Å². The van der Waals surface area contributed by atoms with E-state index < -0.39 is 0 Å². The van der Waals surface area contributed by atoms with Crippen molar-refractivity contribution in [2.24, 2.45) is 0 Å². The van der Waals surface area contributed by atoms with E-state index in [-0.39, 0.29) is 24.9 Å². The number of imide groups is 1. The minimum absolute atomic E-state index is 0.164. The summed E-state index contributed by atoms with van der Waals surface area (Å²) in [5, 5.41) is 2.23. The largest absolute Gasteiger partial charge is 0.384 e. The number of hydrogen-bond donors (Lipinski definition) is 2. The van der Waals surface area contributed by atoms with Gasteiger partial charge in [0, 0.05) is 0 Å². The van der Waals surface area contributed by atoms with Gasteiger partial charge in [0.1, 0.15) is 5.82 Å². The van der Waals surface area contributed by atoms with Gasteiger partial charge in [-0.1, -0.05) is 0 Å². The lowest BCUT2D eigenvalue weighted by molar-refractivity contribution is -0.130. The number of carbonyl (C=O) groups is 2. The Morgan fingerprint density at radius 1 is 1.27 bits per heavy atom. The van der Waals surface area contributed by atoms with Crippen LogP contribution in [-0.4, -0.2) is 29.9 Å². The van der Waals surface area contributed by atoms with Crippen molar-refractivity contribution in [3.8, 4) is 0 Å². The molecule has 1 fully saturated rings. The molecule has 2 heterocycles. The SMILES string of the molecule is Nc1ccc(N2CC(=O)NC(=O)C2)cn1. The number of nitrogens with two attached hydrogens (primary N) is 1. The lowest BCUT2D eigenvalue weighted by atomic mass is 10.3. The molecule has 6 heteroatoms. The van der Waals surface area contributed by atoms with Crippen LogP contribution in [-0.2, 0) is 9.59 Å². The minimum Gasteiger partial charge on any atom is -0.384 e. The van der Waals surface area contributed by atoms with Crippen molar-refractivity contribution in [1.82, 2.24) is 10.3 Å². The van der Waals surface area contributed by atoms with E-state index in [4.69, 9.17) is 5.73 Å².